The van der Waals surface area contributed by atoms with Crippen LogP contribution in [-0.2, 0) is 4.79 Å². The lowest BCUT2D eigenvalue weighted by molar-refractivity contribution is -0.113. The van der Waals surface area contributed by atoms with Gasteiger partial charge in [0.25, 0.3) is 0 Å². The third-order valence-electron chi connectivity index (χ3n) is 3.91. The van der Waals surface area contributed by atoms with Crippen molar-refractivity contribution >= 4 is 44.9 Å². The summed E-state index contributed by atoms with van der Waals surface area (Å²) in [4.78, 5) is 21.6. The first kappa shape index (κ1) is 16.1. The number of carbonyl (C=O) groups excluding carboxylic acids is 1. The van der Waals surface area contributed by atoms with Gasteiger partial charge < -0.3 is 5.32 Å². The summed E-state index contributed by atoms with van der Waals surface area (Å²) >= 11 is 2.76. The number of nitriles is 1. The molecule has 1 amide bonds. The molecule has 2 heterocycles. The molecular weight excluding hydrogens is 352 g/mol. The summed E-state index contributed by atoms with van der Waals surface area (Å²) in [6.07, 6.45) is 2.27. The maximum absolute atomic E-state index is 12.2. The van der Waals surface area contributed by atoms with E-state index in [4.69, 9.17) is 5.26 Å². The lowest BCUT2D eigenvalue weighted by Gasteiger charge is -2.08. The van der Waals surface area contributed by atoms with Crippen molar-refractivity contribution in [3.05, 3.63) is 47.1 Å². The number of rotatable bonds is 5. The minimum absolute atomic E-state index is 0.139. The highest BCUT2D eigenvalue weighted by Crippen LogP contribution is 2.39. The number of anilines is 1. The molecule has 7 heteroatoms. The van der Waals surface area contributed by atoms with Crippen molar-refractivity contribution < 1.29 is 4.79 Å². The van der Waals surface area contributed by atoms with Crippen LogP contribution in [0.15, 0.2) is 40.7 Å². The molecular formula is C18H14N4OS2. The minimum atomic E-state index is -0.139. The van der Waals surface area contributed by atoms with Crippen LogP contribution in [0.3, 0.4) is 0 Å². The van der Waals surface area contributed by atoms with Gasteiger partial charge in [-0.15, -0.1) is 11.3 Å². The number of fused-ring (bicyclic) bond motifs is 1. The number of nitrogens with zero attached hydrogens (tertiary/aromatic N) is 3. The van der Waals surface area contributed by atoms with Crippen LogP contribution in [0.4, 0.5) is 5.00 Å². The Bertz CT molecular complexity index is 988. The molecule has 0 saturated heterocycles. The van der Waals surface area contributed by atoms with E-state index in [-0.39, 0.29) is 11.7 Å². The number of carbonyl (C=O) groups is 1. The van der Waals surface area contributed by atoms with Crippen molar-refractivity contribution in [3.8, 4) is 6.07 Å². The Labute approximate surface area is 153 Å². The van der Waals surface area contributed by atoms with E-state index in [1.54, 1.807) is 11.4 Å². The maximum Gasteiger partial charge on any atom is 0.235 e. The average molecular weight is 366 g/mol. The second-order valence-electron chi connectivity index (χ2n) is 5.79. The van der Waals surface area contributed by atoms with Crippen molar-refractivity contribution in [2.24, 2.45) is 0 Å². The van der Waals surface area contributed by atoms with E-state index in [0.717, 1.165) is 34.6 Å². The smallest absolute Gasteiger partial charge is 0.235 e. The molecule has 3 aromatic rings. The quantitative estimate of drug-likeness (QED) is 0.541. The van der Waals surface area contributed by atoms with Crippen LogP contribution in [0.1, 0.15) is 30.1 Å². The third kappa shape index (κ3) is 3.50. The summed E-state index contributed by atoms with van der Waals surface area (Å²) in [5.41, 5.74) is 1.42. The van der Waals surface area contributed by atoms with Gasteiger partial charge in [0.1, 0.15) is 21.9 Å². The molecule has 0 radical (unpaired) electrons. The molecule has 0 atom stereocenters. The first-order valence-electron chi connectivity index (χ1n) is 7.91. The van der Waals surface area contributed by atoms with Gasteiger partial charge in [-0.25, -0.2) is 9.97 Å². The van der Waals surface area contributed by atoms with E-state index in [1.165, 1.54) is 23.1 Å². The summed E-state index contributed by atoms with van der Waals surface area (Å²) in [6.45, 7) is 0. The van der Waals surface area contributed by atoms with Crippen LogP contribution in [-0.4, -0.2) is 21.6 Å². The monoisotopic (exact) mass is 366 g/mol. The molecule has 4 rings (SSSR count). The SMILES string of the molecule is N#Cc1ccsc1NC(=O)CSc1nc(C2CC2)nc2ccccc12. The number of aromatic nitrogens is 2. The largest absolute Gasteiger partial charge is 0.316 e. The van der Waals surface area contributed by atoms with Crippen LogP contribution in [0, 0.1) is 11.3 Å². The molecule has 1 saturated carbocycles. The van der Waals surface area contributed by atoms with Crippen molar-refractivity contribution in [2.45, 2.75) is 23.8 Å². The van der Waals surface area contributed by atoms with E-state index in [2.05, 4.69) is 21.4 Å². The summed E-state index contributed by atoms with van der Waals surface area (Å²) < 4.78 is 0. The van der Waals surface area contributed by atoms with E-state index in [0.29, 0.717) is 16.5 Å². The van der Waals surface area contributed by atoms with Crippen LogP contribution in [0.2, 0.25) is 0 Å². The van der Waals surface area contributed by atoms with Crippen LogP contribution in [0.5, 0.6) is 0 Å². The summed E-state index contributed by atoms with van der Waals surface area (Å²) in [5, 5.41) is 16.0. The van der Waals surface area contributed by atoms with Gasteiger partial charge in [0, 0.05) is 11.3 Å². The molecule has 1 fully saturated rings. The van der Waals surface area contributed by atoms with Crippen molar-refractivity contribution in [1.82, 2.24) is 9.97 Å². The molecule has 25 heavy (non-hydrogen) atoms. The van der Waals surface area contributed by atoms with Gasteiger partial charge in [-0.1, -0.05) is 30.0 Å². The first-order valence-corrected chi connectivity index (χ1v) is 9.78. The fourth-order valence-electron chi connectivity index (χ4n) is 2.49. The topological polar surface area (TPSA) is 78.7 Å². The zero-order valence-electron chi connectivity index (χ0n) is 13.2. The standard InChI is InChI=1S/C18H14N4OS2/c19-9-12-7-8-24-17(12)21-15(23)10-25-18-13-3-1-2-4-14(13)20-16(22-18)11-5-6-11/h1-4,7-8,11H,5-6,10H2,(H,21,23). The lowest BCUT2D eigenvalue weighted by Crippen LogP contribution is -2.14. The fraction of sp³-hybridized carbons (Fsp3) is 0.222. The van der Waals surface area contributed by atoms with Gasteiger partial charge in [0.15, 0.2) is 0 Å². The predicted octanol–water partition coefficient (Wildman–Crippen LogP) is 4.17. The highest BCUT2D eigenvalue weighted by atomic mass is 32.2. The maximum atomic E-state index is 12.2. The highest BCUT2D eigenvalue weighted by molar-refractivity contribution is 8.00. The van der Waals surface area contributed by atoms with Crippen LogP contribution < -0.4 is 5.32 Å². The Kier molecular flexibility index (Phi) is 4.38. The second kappa shape index (κ2) is 6.82. The Morgan fingerprint density at radius 2 is 2.16 bits per heavy atom. The number of benzene rings is 1. The number of hydrogen-bond acceptors (Lipinski definition) is 6. The molecule has 124 valence electrons. The van der Waals surface area contributed by atoms with Gasteiger partial charge in [-0.05, 0) is 30.4 Å². The molecule has 2 aromatic heterocycles. The van der Waals surface area contributed by atoms with E-state index < -0.39 is 0 Å². The zero-order valence-corrected chi connectivity index (χ0v) is 14.9. The van der Waals surface area contributed by atoms with Gasteiger partial charge >= 0.3 is 0 Å². The Hall–Kier alpha value is -2.43. The van der Waals surface area contributed by atoms with Crippen molar-refractivity contribution in [1.29, 1.82) is 5.26 Å². The summed E-state index contributed by atoms with van der Waals surface area (Å²) in [6, 6.07) is 11.7. The average Bonchev–Trinajstić information content (AvgIpc) is 3.39. The number of para-hydroxylation sites is 1. The van der Waals surface area contributed by atoms with Crippen molar-refractivity contribution in [2.75, 3.05) is 11.1 Å². The fourth-order valence-corrected chi connectivity index (χ4v) is 4.07. The molecule has 5 nitrogen and oxygen atoms in total. The lowest BCUT2D eigenvalue weighted by atomic mass is 10.2. The Morgan fingerprint density at radius 3 is 2.96 bits per heavy atom. The highest BCUT2D eigenvalue weighted by Gasteiger charge is 2.27. The minimum Gasteiger partial charge on any atom is -0.316 e. The first-order chi connectivity index (χ1) is 12.2. The molecule has 1 aromatic carbocycles. The zero-order chi connectivity index (χ0) is 17.2. The number of hydrogen-bond donors (Lipinski definition) is 1. The van der Waals surface area contributed by atoms with Crippen molar-refractivity contribution in [3.63, 3.8) is 0 Å². The Morgan fingerprint density at radius 1 is 1.32 bits per heavy atom. The van der Waals surface area contributed by atoms with Crippen LogP contribution in [0.25, 0.3) is 10.9 Å². The van der Waals surface area contributed by atoms with Crippen LogP contribution >= 0.6 is 23.1 Å². The third-order valence-corrected chi connectivity index (χ3v) is 5.73. The van der Waals surface area contributed by atoms with E-state index in [9.17, 15) is 4.79 Å². The van der Waals surface area contributed by atoms with E-state index >= 15 is 0 Å². The molecule has 1 aliphatic carbocycles. The molecule has 1 N–H and O–H groups in total. The molecule has 0 spiro atoms. The normalized spacial score (nSPS) is 13.6. The predicted molar refractivity (Wildman–Crippen MR) is 99.9 cm³/mol. The second-order valence-corrected chi connectivity index (χ2v) is 7.67. The number of thiophene rings is 1. The van der Waals surface area contributed by atoms with Gasteiger partial charge in [0.2, 0.25) is 5.91 Å². The van der Waals surface area contributed by atoms with Gasteiger partial charge in [-0.2, -0.15) is 5.26 Å². The summed E-state index contributed by atoms with van der Waals surface area (Å²) in [5.74, 6) is 1.45. The molecule has 0 bridgehead atoms. The number of thioether (sulfide) groups is 1. The number of amides is 1. The molecule has 1 aliphatic rings. The number of nitrogens with one attached hydrogen (secondary N) is 1. The summed E-state index contributed by atoms with van der Waals surface area (Å²) in [7, 11) is 0. The van der Waals surface area contributed by atoms with E-state index in [1.807, 2.05) is 24.3 Å². The molecule has 0 aliphatic heterocycles. The molecule has 0 unspecified atom stereocenters. The van der Waals surface area contributed by atoms with Gasteiger partial charge in [0.05, 0.1) is 16.8 Å². The Balaban J connectivity index is 1.52. The van der Waals surface area contributed by atoms with Gasteiger partial charge in [-0.3, -0.25) is 4.79 Å².